The number of hydrogen-bond donors (Lipinski definition) is 0. The fourth-order valence-electron chi connectivity index (χ4n) is 6.34. The molecule has 0 radical (unpaired) electrons. The molecule has 0 amide bonds. The molecule has 138 valence electrons. The molecule has 1 aromatic carbocycles. The number of ether oxygens (including phenoxy) is 1. The van der Waals surface area contributed by atoms with Crippen LogP contribution in [0.5, 0.6) is 5.75 Å². The van der Waals surface area contributed by atoms with Crippen molar-refractivity contribution in [1.82, 2.24) is 0 Å². The summed E-state index contributed by atoms with van der Waals surface area (Å²) < 4.78 is 11.3. The van der Waals surface area contributed by atoms with Crippen LogP contribution in [0.1, 0.15) is 55.4 Å². The number of methoxy groups -OCH3 is 1. The molecule has 2 nitrogen and oxygen atoms in total. The molecule has 1 aromatic heterocycles. The van der Waals surface area contributed by atoms with Gasteiger partial charge in [0.25, 0.3) is 0 Å². The van der Waals surface area contributed by atoms with E-state index in [1.54, 1.807) is 18.9 Å². The standard InChI is InChI=1S/C25H26O2/c1-4-16-15-22-21-9-7-17-14-18(26-3)8-10-19(17)20(21)11-12-25(22,2)24(16)23-6-5-13-27-23/h1,5-6,8,10,13-14,20-22H,7,9,11-12,15H2,2-3H3/t20-,21-,22+,25+/m1/s1. The average molecular weight is 358 g/mol. The van der Waals surface area contributed by atoms with Gasteiger partial charge in [0.05, 0.1) is 13.4 Å². The average Bonchev–Trinajstić information content (AvgIpc) is 3.31. The first-order valence-electron chi connectivity index (χ1n) is 10.1. The van der Waals surface area contributed by atoms with Crippen LogP contribution in [0.4, 0.5) is 0 Å². The fraction of sp³-hybridized carbons (Fsp3) is 0.440. The summed E-state index contributed by atoms with van der Waals surface area (Å²) in [5.74, 6) is 6.92. The van der Waals surface area contributed by atoms with Crippen LogP contribution in [0.3, 0.4) is 0 Å². The lowest BCUT2D eigenvalue weighted by molar-refractivity contribution is 0.0871. The van der Waals surface area contributed by atoms with Crippen molar-refractivity contribution >= 4 is 5.57 Å². The number of benzene rings is 1. The maximum absolute atomic E-state index is 5.96. The lowest BCUT2D eigenvalue weighted by Crippen LogP contribution is -2.40. The number of furan rings is 1. The first kappa shape index (κ1) is 16.8. The molecular weight excluding hydrogens is 332 g/mol. The molecule has 0 spiro atoms. The summed E-state index contributed by atoms with van der Waals surface area (Å²) in [4.78, 5) is 0. The van der Waals surface area contributed by atoms with E-state index in [-0.39, 0.29) is 5.41 Å². The van der Waals surface area contributed by atoms with Crippen LogP contribution in [0.2, 0.25) is 0 Å². The Labute approximate surface area is 161 Å². The molecule has 1 saturated carbocycles. The van der Waals surface area contributed by atoms with Gasteiger partial charge in [0.15, 0.2) is 0 Å². The third kappa shape index (κ3) is 2.34. The molecule has 0 N–H and O–H groups in total. The van der Waals surface area contributed by atoms with E-state index >= 15 is 0 Å². The quantitative estimate of drug-likeness (QED) is 0.629. The van der Waals surface area contributed by atoms with Crippen molar-refractivity contribution < 1.29 is 9.15 Å². The minimum atomic E-state index is 0.130. The molecule has 0 saturated heterocycles. The van der Waals surface area contributed by atoms with Gasteiger partial charge in [0.2, 0.25) is 0 Å². The van der Waals surface area contributed by atoms with E-state index in [4.69, 9.17) is 15.6 Å². The van der Waals surface area contributed by atoms with Gasteiger partial charge in [0, 0.05) is 16.6 Å². The third-order valence-electron chi connectivity index (χ3n) is 7.56. The minimum absolute atomic E-state index is 0.130. The topological polar surface area (TPSA) is 22.4 Å². The molecule has 2 aromatic rings. The van der Waals surface area contributed by atoms with Gasteiger partial charge in [-0.2, -0.15) is 0 Å². The molecule has 5 rings (SSSR count). The van der Waals surface area contributed by atoms with Gasteiger partial charge in [-0.25, -0.2) is 0 Å². The van der Waals surface area contributed by atoms with Crippen molar-refractivity contribution in [2.45, 2.75) is 44.9 Å². The summed E-state index contributed by atoms with van der Waals surface area (Å²) in [7, 11) is 1.75. The van der Waals surface area contributed by atoms with Gasteiger partial charge in [-0.15, -0.1) is 6.42 Å². The highest BCUT2D eigenvalue weighted by atomic mass is 16.5. The summed E-state index contributed by atoms with van der Waals surface area (Å²) in [6, 6.07) is 10.7. The van der Waals surface area contributed by atoms with Crippen LogP contribution in [-0.2, 0) is 6.42 Å². The highest BCUT2D eigenvalue weighted by molar-refractivity contribution is 5.76. The van der Waals surface area contributed by atoms with E-state index in [2.05, 4.69) is 37.1 Å². The Morgan fingerprint density at radius 3 is 2.89 bits per heavy atom. The van der Waals surface area contributed by atoms with E-state index in [0.717, 1.165) is 24.4 Å². The van der Waals surface area contributed by atoms with E-state index in [1.807, 2.05) is 6.07 Å². The minimum Gasteiger partial charge on any atom is -0.497 e. The lowest BCUT2D eigenvalue weighted by Gasteiger charge is -2.50. The normalized spacial score (nSPS) is 31.7. The Kier molecular flexibility index (Phi) is 3.76. The highest BCUT2D eigenvalue weighted by Gasteiger charge is 2.54. The van der Waals surface area contributed by atoms with E-state index < -0.39 is 0 Å². The SMILES string of the molecule is C#CC1=C(c2ccco2)[C@@]2(C)CC[C@@H]3c4ccc(OC)cc4CC[C@H]3[C@@H]2C1. The maximum Gasteiger partial charge on any atom is 0.131 e. The summed E-state index contributed by atoms with van der Waals surface area (Å²) in [5.41, 5.74) is 5.62. The van der Waals surface area contributed by atoms with Gasteiger partial charge in [-0.3, -0.25) is 0 Å². The van der Waals surface area contributed by atoms with E-state index in [1.165, 1.54) is 36.0 Å². The van der Waals surface area contributed by atoms with Crippen molar-refractivity contribution in [2.75, 3.05) is 7.11 Å². The smallest absolute Gasteiger partial charge is 0.131 e. The number of aryl methyl sites for hydroxylation is 1. The second-order valence-electron chi connectivity index (χ2n) is 8.62. The van der Waals surface area contributed by atoms with Crippen LogP contribution in [0.25, 0.3) is 5.57 Å². The van der Waals surface area contributed by atoms with Gasteiger partial charge in [0.1, 0.15) is 11.5 Å². The zero-order valence-electron chi connectivity index (χ0n) is 16.1. The van der Waals surface area contributed by atoms with Gasteiger partial charge < -0.3 is 9.15 Å². The molecule has 0 aliphatic heterocycles. The third-order valence-corrected chi connectivity index (χ3v) is 7.56. The van der Waals surface area contributed by atoms with Crippen LogP contribution in [-0.4, -0.2) is 7.11 Å². The second-order valence-corrected chi connectivity index (χ2v) is 8.62. The number of fused-ring (bicyclic) bond motifs is 5. The van der Waals surface area contributed by atoms with Crippen LogP contribution < -0.4 is 4.74 Å². The van der Waals surface area contributed by atoms with Crippen LogP contribution in [0, 0.1) is 29.6 Å². The number of hydrogen-bond acceptors (Lipinski definition) is 2. The predicted molar refractivity (Wildman–Crippen MR) is 107 cm³/mol. The molecule has 4 atom stereocenters. The summed E-state index contributed by atoms with van der Waals surface area (Å²) in [5, 5.41) is 0. The monoisotopic (exact) mass is 358 g/mol. The van der Waals surface area contributed by atoms with Crippen LogP contribution >= 0.6 is 0 Å². The second kappa shape index (κ2) is 6.06. The van der Waals surface area contributed by atoms with Gasteiger partial charge in [-0.05, 0) is 85.3 Å². The highest BCUT2D eigenvalue weighted by Crippen LogP contribution is 2.64. The van der Waals surface area contributed by atoms with E-state index in [0.29, 0.717) is 17.8 Å². The molecule has 3 aliphatic carbocycles. The molecular formula is C25H26O2. The predicted octanol–water partition coefficient (Wildman–Crippen LogP) is 5.84. The lowest BCUT2D eigenvalue weighted by atomic mass is 9.54. The largest absolute Gasteiger partial charge is 0.497 e. The first-order chi connectivity index (χ1) is 13.2. The van der Waals surface area contributed by atoms with Crippen molar-refractivity contribution in [3.05, 3.63) is 59.1 Å². The van der Waals surface area contributed by atoms with Crippen molar-refractivity contribution in [3.63, 3.8) is 0 Å². The Bertz CT molecular complexity index is 943. The van der Waals surface area contributed by atoms with Crippen molar-refractivity contribution in [1.29, 1.82) is 0 Å². The molecule has 3 aliphatic rings. The molecule has 0 bridgehead atoms. The fourth-order valence-corrected chi connectivity index (χ4v) is 6.34. The Morgan fingerprint density at radius 1 is 1.26 bits per heavy atom. The maximum atomic E-state index is 5.96. The number of rotatable bonds is 2. The van der Waals surface area contributed by atoms with E-state index in [9.17, 15) is 0 Å². The van der Waals surface area contributed by atoms with Crippen molar-refractivity contribution in [2.24, 2.45) is 17.3 Å². The zero-order valence-corrected chi connectivity index (χ0v) is 16.1. The van der Waals surface area contributed by atoms with Crippen molar-refractivity contribution in [3.8, 4) is 18.1 Å². The molecule has 0 unspecified atom stereocenters. The van der Waals surface area contributed by atoms with Gasteiger partial charge >= 0.3 is 0 Å². The van der Waals surface area contributed by atoms with Crippen LogP contribution in [0.15, 0.2) is 46.6 Å². The molecule has 1 fully saturated rings. The Hall–Kier alpha value is -2.40. The summed E-state index contributed by atoms with van der Waals surface area (Å²) in [6.07, 6.45) is 13.5. The Morgan fingerprint density at radius 2 is 2.15 bits per heavy atom. The summed E-state index contributed by atoms with van der Waals surface area (Å²) in [6.45, 7) is 2.43. The Balaban J connectivity index is 1.53. The first-order valence-corrected chi connectivity index (χ1v) is 10.1. The number of terminal acetylenes is 1. The zero-order chi connectivity index (χ0) is 18.6. The molecule has 1 heterocycles. The van der Waals surface area contributed by atoms with Gasteiger partial charge in [-0.1, -0.05) is 18.9 Å². The molecule has 27 heavy (non-hydrogen) atoms. The number of allylic oxidation sites excluding steroid dienone is 2. The summed E-state index contributed by atoms with van der Waals surface area (Å²) >= 11 is 0. The molecule has 2 heteroatoms.